The van der Waals surface area contributed by atoms with Crippen LogP contribution >= 0.6 is 11.6 Å². The van der Waals surface area contributed by atoms with Crippen LogP contribution in [0.4, 0.5) is 0 Å². The lowest BCUT2D eigenvalue weighted by Crippen LogP contribution is -2.48. The molecule has 0 saturated carbocycles. The summed E-state index contributed by atoms with van der Waals surface area (Å²) in [5.74, 6) is 0. The molecule has 1 fully saturated rings. The molecule has 13 heavy (non-hydrogen) atoms. The molecule has 0 aromatic carbocycles. The number of hydrogen-bond donors (Lipinski definition) is 2. The van der Waals surface area contributed by atoms with Gasteiger partial charge in [-0.2, -0.15) is 0 Å². The van der Waals surface area contributed by atoms with Crippen molar-refractivity contribution in [1.29, 1.82) is 0 Å². The van der Waals surface area contributed by atoms with Crippen molar-refractivity contribution in [3.8, 4) is 0 Å². The number of nitrogens with one attached hydrogen (secondary N) is 2. The lowest BCUT2D eigenvalue weighted by molar-refractivity contribution is 0.392. The number of alkyl halides is 1. The second-order valence-corrected chi connectivity index (χ2v) is 3.51. The molecular weight excluding hydrogens is 186 g/mol. The highest BCUT2D eigenvalue weighted by molar-refractivity contribution is 6.20. The van der Waals surface area contributed by atoms with Gasteiger partial charge in [-0.05, 0) is 12.1 Å². The Morgan fingerprint density at radius 1 is 1.31 bits per heavy atom. The van der Waals surface area contributed by atoms with Gasteiger partial charge in [0.15, 0.2) is 0 Å². The topological polar surface area (TPSA) is 37.0 Å². The highest BCUT2D eigenvalue weighted by atomic mass is 35.5. The molecule has 1 aromatic heterocycles. The fourth-order valence-electron chi connectivity index (χ4n) is 1.47. The van der Waals surface area contributed by atoms with E-state index in [4.69, 9.17) is 11.6 Å². The molecule has 2 heterocycles. The summed E-state index contributed by atoms with van der Waals surface area (Å²) in [6.45, 7) is 1.85. The summed E-state index contributed by atoms with van der Waals surface area (Å²) in [5, 5.41) is 6.52. The van der Waals surface area contributed by atoms with Gasteiger partial charge >= 0.3 is 0 Å². The van der Waals surface area contributed by atoms with Gasteiger partial charge in [0.2, 0.25) is 0 Å². The average Bonchev–Trinajstić information content (AvgIpc) is 2.20. The fraction of sp³-hybridized carbons (Fsp3) is 0.444. The first kappa shape index (κ1) is 8.94. The minimum atomic E-state index is -0.0661. The van der Waals surface area contributed by atoms with Crippen molar-refractivity contribution in [1.82, 2.24) is 15.6 Å². The first-order valence-corrected chi connectivity index (χ1v) is 4.83. The quantitative estimate of drug-likeness (QED) is 0.519. The van der Waals surface area contributed by atoms with E-state index >= 15 is 0 Å². The maximum atomic E-state index is 6.10. The molecule has 1 aliphatic rings. The molecule has 1 aromatic rings. The Kier molecular flexibility index (Phi) is 2.78. The van der Waals surface area contributed by atoms with Gasteiger partial charge in [-0.15, -0.1) is 11.6 Å². The van der Waals surface area contributed by atoms with E-state index in [1.807, 2.05) is 18.2 Å². The van der Waals surface area contributed by atoms with E-state index in [0.717, 1.165) is 18.8 Å². The molecule has 1 saturated heterocycles. The number of rotatable bonds is 1. The first-order chi connectivity index (χ1) is 6.38. The Balaban J connectivity index is 2.15. The third-order valence-corrected chi connectivity index (χ3v) is 2.53. The standard InChI is InChI=1S/C9H12ClN3/c10-9-8(12-5-6-13-9)7-3-1-2-4-11-7/h1-4,8-9,12-13H,5-6H2. The van der Waals surface area contributed by atoms with Crippen LogP contribution in [0.2, 0.25) is 0 Å². The largest absolute Gasteiger partial charge is 0.305 e. The molecule has 70 valence electrons. The van der Waals surface area contributed by atoms with E-state index in [1.54, 1.807) is 6.20 Å². The monoisotopic (exact) mass is 197 g/mol. The fourth-order valence-corrected chi connectivity index (χ4v) is 1.80. The smallest absolute Gasteiger partial charge is 0.104 e. The van der Waals surface area contributed by atoms with Gasteiger partial charge in [0.1, 0.15) is 5.50 Å². The van der Waals surface area contributed by atoms with E-state index in [-0.39, 0.29) is 11.5 Å². The Morgan fingerprint density at radius 3 is 2.85 bits per heavy atom. The predicted molar refractivity (Wildman–Crippen MR) is 52.6 cm³/mol. The average molecular weight is 198 g/mol. The van der Waals surface area contributed by atoms with Crippen LogP contribution < -0.4 is 10.6 Å². The van der Waals surface area contributed by atoms with Crippen LogP contribution in [-0.2, 0) is 0 Å². The normalized spacial score (nSPS) is 28.7. The molecule has 1 aliphatic heterocycles. The number of nitrogens with zero attached hydrogens (tertiary/aromatic N) is 1. The van der Waals surface area contributed by atoms with E-state index < -0.39 is 0 Å². The third-order valence-electron chi connectivity index (χ3n) is 2.13. The molecule has 0 spiro atoms. The number of halogens is 1. The number of pyridine rings is 1. The molecule has 0 bridgehead atoms. The Labute approximate surface area is 82.5 Å². The summed E-state index contributed by atoms with van der Waals surface area (Å²) >= 11 is 6.10. The van der Waals surface area contributed by atoms with Crippen molar-refractivity contribution in [3.05, 3.63) is 30.1 Å². The van der Waals surface area contributed by atoms with E-state index in [0.29, 0.717) is 0 Å². The van der Waals surface area contributed by atoms with Crippen molar-refractivity contribution in [2.24, 2.45) is 0 Å². The molecule has 4 heteroatoms. The summed E-state index contributed by atoms with van der Waals surface area (Å²) in [6.07, 6.45) is 1.79. The SMILES string of the molecule is ClC1NCCNC1c1ccccn1. The lowest BCUT2D eigenvalue weighted by Gasteiger charge is -2.28. The Morgan fingerprint density at radius 2 is 2.15 bits per heavy atom. The van der Waals surface area contributed by atoms with Crippen LogP contribution in [0.3, 0.4) is 0 Å². The minimum absolute atomic E-state index is 0.0661. The van der Waals surface area contributed by atoms with Crippen LogP contribution in [0.25, 0.3) is 0 Å². The molecule has 2 unspecified atom stereocenters. The van der Waals surface area contributed by atoms with E-state index in [1.165, 1.54) is 0 Å². The first-order valence-electron chi connectivity index (χ1n) is 4.40. The van der Waals surface area contributed by atoms with Gasteiger partial charge in [-0.3, -0.25) is 10.3 Å². The van der Waals surface area contributed by atoms with Gasteiger partial charge in [0, 0.05) is 19.3 Å². The van der Waals surface area contributed by atoms with Crippen molar-refractivity contribution in [2.45, 2.75) is 11.5 Å². The molecule has 0 amide bonds. The zero-order chi connectivity index (χ0) is 9.10. The van der Waals surface area contributed by atoms with Crippen molar-refractivity contribution >= 4 is 11.6 Å². The summed E-state index contributed by atoms with van der Waals surface area (Å²) < 4.78 is 0. The second kappa shape index (κ2) is 4.05. The third kappa shape index (κ3) is 1.99. The summed E-state index contributed by atoms with van der Waals surface area (Å²) in [5.41, 5.74) is 0.929. The maximum Gasteiger partial charge on any atom is 0.104 e. The molecule has 3 nitrogen and oxygen atoms in total. The minimum Gasteiger partial charge on any atom is -0.305 e. The lowest BCUT2D eigenvalue weighted by atomic mass is 10.1. The second-order valence-electron chi connectivity index (χ2n) is 3.04. The van der Waals surface area contributed by atoms with Crippen LogP contribution in [0, 0.1) is 0 Å². The van der Waals surface area contributed by atoms with Crippen molar-refractivity contribution < 1.29 is 0 Å². The zero-order valence-corrected chi connectivity index (χ0v) is 7.96. The number of piperazine rings is 1. The van der Waals surface area contributed by atoms with Crippen LogP contribution in [0.5, 0.6) is 0 Å². The molecule has 2 atom stereocenters. The summed E-state index contributed by atoms with van der Waals surface area (Å²) in [4.78, 5) is 4.27. The van der Waals surface area contributed by atoms with Gasteiger partial charge < -0.3 is 5.32 Å². The molecule has 0 aliphatic carbocycles. The van der Waals surface area contributed by atoms with Crippen molar-refractivity contribution in [3.63, 3.8) is 0 Å². The highest BCUT2D eigenvalue weighted by Gasteiger charge is 2.24. The van der Waals surface area contributed by atoms with Crippen LogP contribution in [0.15, 0.2) is 24.4 Å². The molecule has 2 N–H and O–H groups in total. The molecular formula is C9H12ClN3. The number of hydrogen-bond acceptors (Lipinski definition) is 3. The van der Waals surface area contributed by atoms with Gasteiger partial charge in [0.05, 0.1) is 11.7 Å². The highest BCUT2D eigenvalue weighted by Crippen LogP contribution is 2.18. The maximum absolute atomic E-state index is 6.10. The van der Waals surface area contributed by atoms with Gasteiger partial charge in [-0.1, -0.05) is 6.07 Å². The van der Waals surface area contributed by atoms with E-state index in [2.05, 4.69) is 15.6 Å². The van der Waals surface area contributed by atoms with Crippen molar-refractivity contribution in [2.75, 3.05) is 13.1 Å². The van der Waals surface area contributed by atoms with Crippen LogP contribution in [0.1, 0.15) is 11.7 Å². The Bertz CT molecular complexity index is 265. The van der Waals surface area contributed by atoms with Gasteiger partial charge in [0.25, 0.3) is 0 Å². The summed E-state index contributed by atoms with van der Waals surface area (Å²) in [6, 6.07) is 5.99. The predicted octanol–water partition coefficient (Wildman–Crippen LogP) is 0.880. The number of aromatic nitrogens is 1. The Hall–Kier alpha value is -0.640. The van der Waals surface area contributed by atoms with E-state index in [9.17, 15) is 0 Å². The zero-order valence-electron chi connectivity index (χ0n) is 7.20. The van der Waals surface area contributed by atoms with Gasteiger partial charge in [-0.25, -0.2) is 0 Å². The molecule has 2 rings (SSSR count). The van der Waals surface area contributed by atoms with Crippen LogP contribution in [-0.4, -0.2) is 23.6 Å². The summed E-state index contributed by atoms with van der Waals surface area (Å²) in [7, 11) is 0. The molecule has 0 radical (unpaired) electrons.